The first-order chi connectivity index (χ1) is 18.0. The summed E-state index contributed by atoms with van der Waals surface area (Å²) in [6, 6.07) is 6.26. The molecule has 4 rings (SSSR count). The minimum Gasteiger partial charge on any atom is -0.371 e. The monoisotopic (exact) mass is 526 g/mol. The van der Waals surface area contributed by atoms with Crippen LogP contribution in [0.2, 0.25) is 0 Å². The maximum absolute atomic E-state index is 15.1. The molecule has 1 aliphatic carbocycles. The molecule has 0 radical (unpaired) electrons. The van der Waals surface area contributed by atoms with Crippen molar-refractivity contribution in [2.45, 2.75) is 64.5 Å². The van der Waals surface area contributed by atoms with Crippen LogP contribution in [-0.2, 0) is 10.3 Å². The van der Waals surface area contributed by atoms with E-state index >= 15 is 8.78 Å². The third-order valence-corrected chi connectivity index (χ3v) is 7.08. The molecular formula is C29H33F3N4O2. The number of amides is 1. The van der Waals surface area contributed by atoms with Gasteiger partial charge in [-0.1, -0.05) is 6.92 Å². The number of ether oxygens (including phenoxy) is 1. The molecule has 0 unspecified atom stereocenters. The van der Waals surface area contributed by atoms with E-state index in [1.54, 1.807) is 33.2 Å². The summed E-state index contributed by atoms with van der Waals surface area (Å²) in [5.41, 5.74) is 5.51. The number of carbonyl (C=O) groups is 1. The van der Waals surface area contributed by atoms with Gasteiger partial charge in [0.25, 0.3) is 5.91 Å². The number of anilines is 1. The molecule has 202 valence electrons. The van der Waals surface area contributed by atoms with Gasteiger partial charge in [0.15, 0.2) is 0 Å². The molecule has 2 heterocycles. The highest BCUT2D eigenvalue weighted by atomic mass is 19.1. The zero-order chi connectivity index (χ0) is 27.6. The molecule has 0 saturated heterocycles. The van der Waals surface area contributed by atoms with Crippen LogP contribution in [0.3, 0.4) is 0 Å². The number of benzene rings is 1. The van der Waals surface area contributed by atoms with Crippen molar-refractivity contribution in [3.8, 4) is 11.3 Å². The molecule has 2 aromatic heterocycles. The average molecular weight is 527 g/mol. The van der Waals surface area contributed by atoms with Crippen molar-refractivity contribution in [3.05, 3.63) is 77.0 Å². The maximum Gasteiger partial charge on any atom is 0.274 e. The lowest BCUT2D eigenvalue weighted by Crippen LogP contribution is -2.31. The Labute approximate surface area is 220 Å². The van der Waals surface area contributed by atoms with Gasteiger partial charge >= 0.3 is 0 Å². The highest BCUT2D eigenvalue weighted by molar-refractivity contribution is 6.03. The van der Waals surface area contributed by atoms with E-state index in [4.69, 9.17) is 10.5 Å². The Bertz CT molecular complexity index is 1300. The van der Waals surface area contributed by atoms with Gasteiger partial charge in [-0.15, -0.1) is 0 Å². The Kier molecular flexibility index (Phi) is 8.18. The fourth-order valence-electron chi connectivity index (χ4n) is 5.30. The predicted molar refractivity (Wildman–Crippen MR) is 140 cm³/mol. The molecule has 1 saturated carbocycles. The van der Waals surface area contributed by atoms with Gasteiger partial charge in [-0.3, -0.25) is 9.78 Å². The topological polar surface area (TPSA) is 90.1 Å². The smallest absolute Gasteiger partial charge is 0.274 e. The van der Waals surface area contributed by atoms with E-state index in [0.29, 0.717) is 18.2 Å². The number of rotatable bonds is 7. The first-order valence-corrected chi connectivity index (χ1v) is 12.8. The van der Waals surface area contributed by atoms with Gasteiger partial charge in [0.05, 0.1) is 23.0 Å². The van der Waals surface area contributed by atoms with Crippen LogP contribution in [0.4, 0.5) is 18.9 Å². The fraction of sp³-hybridized carbons (Fsp3) is 0.414. The van der Waals surface area contributed by atoms with Crippen molar-refractivity contribution in [2.75, 3.05) is 11.9 Å². The molecule has 0 spiro atoms. The Balaban J connectivity index is 1.64. The van der Waals surface area contributed by atoms with Crippen molar-refractivity contribution in [1.82, 2.24) is 9.97 Å². The first-order valence-electron chi connectivity index (χ1n) is 12.8. The second-order valence-electron chi connectivity index (χ2n) is 10.5. The quantitative estimate of drug-likeness (QED) is 0.376. The maximum atomic E-state index is 15.1. The highest BCUT2D eigenvalue weighted by Crippen LogP contribution is 2.38. The number of pyridine rings is 2. The number of hydrogen-bond acceptors (Lipinski definition) is 5. The van der Waals surface area contributed by atoms with Crippen molar-refractivity contribution in [3.63, 3.8) is 0 Å². The third-order valence-electron chi connectivity index (χ3n) is 7.08. The molecule has 1 aliphatic rings. The van der Waals surface area contributed by atoms with Gasteiger partial charge in [-0.2, -0.15) is 0 Å². The summed E-state index contributed by atoms with van der Waals surface area (Å²) >= 11 is 0. The van der Waals surface area contributed by atoms with Gasteiger partial charge in [-0.25, -0.2) is 18.2 Å². The van der Waals surface area contributed by atoms with E-state index in [-0.39, 0.29) is 23.2 Å². The molecule has 38 heavy (non-hydrogen) atoms. The van der Waals surface area contributed by atoms with E-state index in [0.717, 1.165) is 43.0 Å². The molecule has 0 bridgehead atoms. The normalized spacial score (nSPS) is 19.8. The summed E-state index contributed by atoms with van der Waals surface area (Å²) in [6.45, 7) is 7.64. The lowest BCUT2D eigenvalue weighted by atomic mass is 9.76. The molecule has 1 aromatic carbocycles. The Hall–Kier alpha value is -3.30. The molecular weight excluding hydrogens is 493 g/mol. The second kappa shape index (κ2) is 11.2. The Morgan fingerprint density at radius 3 is 2.47 bits per heavy atom. The van der Waals surface area contributed by atoms with E-state index in [9.17, 15) is 9.18 Å². The van der Waals surface area contributed by atoms with Crippen LogP contribution in [-0.4, -0.2) is 28.5 Å². The van der Waals surface area contributed by atoms with Crippen LogP contribution in [0.25, 0.3) is 11.3 Å². The number of nitrogens with one attached hydrogen (secondary N) is 1. The molecule has 6 nitrogen and oxygen atoms in total. The number of hydrogen-bond donors (Lipinski definition) is 2. The molecule has 9 heteroatoms. The standard InChI is InChI=1S/C29H33F3N4O2/c1-5-38-29(3,4)18-13-22(31)26(23(32)14-18)27-21(30)6-7-24(35-27)28(37)36-25-15-34-9-8-20(25)17-10-16(2)11-19(33)12-17/h6-9,13-17,19H,5,10-12,33H2,1-4H3,(H,36,37)/t16-,17+,19-/m0/s1. The largest absolute Gasteiger partial charge is 0.371 e. The van der Waals surface area contributed by atoms with Gasteiger partial charge in [0.1, 0.15) is 28.8 Å². The fourth-order valence-corrected chi connectivity index (χ4v) is 5.30. The van der Waals surface area contributed by atoms with E-state index in [2.05, 4.69) is 22.2 Å². The van der Waals surface area contributed by atoms with Crippen LogP contribution < -0.4 is 11.1 Å². The van der Waals surface area contributed by atoms with Gasteiger partial charge in [0, 0.05) is 18.8 Å². The van der Waals surface area contributed by atoms with Crippen molar-refractivity contribution in [1.29, 1.82) is 0 Å². The molecule has 3 atom stereocenters. The van der Waals surface area contributed by atoms with Gasteiger partial charge in [-0.05, 0) is 93.3 Å². The number of nitrogens with two attached hydrogens (primary N) is 1. The zero-order valence-corrected chi connectivity index (χ0v) is 22.0. The average Bonchev–Trinajstić information content (AvgIpc) is 2.84. The minimum atomic E-state index is -1.01. The molecule has 1 amide bonds. The summed E-state index contributed by atoms with van der Waals surface area (Å²) in [5.74, 6) is -3.03. The lowest BCUT2D eigenvalue weighted by molar-refractivity contribution is -0.0144. The Morgan fingerprint density at radius 1 is 1.11 bits per heavy atom. The van der Waals surface area contributed by atoms with Gasteiger partial charge in [0.2, 0.25) is 0 Å². The molecule has 0 aliphatic heterocycles. The van der Waals surface area contributed by atoms with E-state index < -0.39 is 40.2 Å². The second-order valence-corrected chi connectivity index (χ2v) is 10.5. The zero-order valence-electron chi connectivity index (χ0n) is 22.0. The molecule has 3 aromatic rings. The van der Waals surface area contributed by atoms with Crippen LogP contribution in [0.1, 0.15) is 74.5 Å². The first kappa shape index (κ1) is 27.7. The molecule has 1 fully saturated rings. The highest BCUT2D eigenvalue weighted by Gasteiger charge is 2.29. The van der Waals surface area contributed by atoms with Crippen LogP contribution >= 0.6 is 0 Å². The molecule has 3 N–H and O–H groups in total. The van der Waals surface area contributed by atoms with Crippen molar-refractivity contribution >= 4 is 11.6 Å². The van der Waals surface area contributed by atoms with Crippen molar-refractivity contribution < 1.29 is 22.7 Å². The predicted octanol–water partition coefficient (Wildman–Crippen LogP) is 6.32. The summed E-state index contributed by atoms with van der Waals surface area (Å²) < 4.78 is 50.6. The summed E-state index contributed by atoms with van der Waals surface area (Å²) in [7, 11) is 0. The number of nitrogens with zero attached hydrogens (tertiary/aromatic N) is 2. The number of halogens is 3. The number of aromatic nitrogens is 2. The third kappa shape index (κ3) is 5.89. The summed E-state index contributed by atoms with van der Waals surface area (Å²) in [5, 5.41) is 2.79. The minimum absolute atomic E-state index is 0.0667. The summed E-state index contributed by atoms with van der Waals surface area (Å²) in [6.07, 6.45) is 5.86. The number of carbonyl (C=O) groups excluding carboxylic acids is 1. The van der Waals surface area contributed by atoms with Crippen LogP contribution in [0.15, 0.2) is 42.7 Å². The lowest BCUT2D eigenvalue weighted by Gasteiger charge is -2.32. The van der Waals surface area contributed by atoms with Crippen molar-refractivity contribution in [2.24, 2.45) is 11.7 Å². The van der Waals surface area contributed by atoms with Crippen LogP contribution in [0.5, 0.6) is 0 Å². The van der Waals surface area contributed by atoms with Gasteiger partial charge < -0.3 is 15.8 Å². The SMILES string of the molecule is CCOC(C)(C)c1cc(F)c(-c2nc(C(=O)Nc3cnccc3[C@@H]3C[C@H](C)C[C@H](N)C3)ccc2F)c(F)c1. The van der Waals surface area contributed by atoms with Crippen LogP contribution in [0, 0.1) is 23.4 Å². The summed E-state index contributed by atoms with van der Waals surface area (Å²) in [4.78, 5) is 21.3. The van der Waals surface area contributed by atoms with E-state index in [1.165, 1.54) is 6.07 Å². The Morgan fingerprint density at radius 2 is 1.82 bits per heavy atom. The van der Waals surface area contributed by atoms with E-state index in [1.807, 2.05) is 6.07 Å².